The topological polar surface area (TPSA) is 74.1 Å². The van der Waals surface area contributed by atoms with Gasteiger partial charge in [-0.3, -0.25) is 0 Å². The molecule has 0 bridgehead atoms. The van der Waals surface area contributed by atoms with Crippen LogP contribution >= 0.6 is 0 Å². The van der Waals surface area contributed by atoms with Gasteiger partial charge < -0.3 is 29.4 Å². The Morgan fingerprint density at radius 3 is 1.32 bits per heavy atom. The Labute approximate surface area is 132 Å². The fraction of sp³-hybridized carbons (Fsp3) is 1.00. The average molecular weight is 288 g/mol. The van der Waals surface area contributed by atoms with E-state index in [2.05, 4.69) is 5.32 Å². The van der Waals surface area contributed by atoms with E-state index in [-0.39, 0.29) is 29.7 Å². The zero-order valence-electron chi connectivity index (χ0n) is 12.0. The van der Waals surface area contributed by atoms with E-state index in [1.165, 1.54) is 0 Å². The molecular formula is C12H25MgNO5. The molecule has 1 fully saturated rings. The van der Waals surface area contributed by atoms with E-state index in [9.17, 15) is 0 Å². The SMILES string of the molecule is C1COCCOCCOCCOCC[N-]1.CC[O-].[Mg+2]. The van der Waals surface area contributed by atoms with E-state index in [0.29, 0.717) is 52.9 Å². The maximum atomic E-state index is 8.93. The van der Waals surface area contributed by atoms with Crippen molar-refractivity contribution in [2.75, 3.05) is 72.6 Å². The first kappa shape index (κ1) is 21.8. The van der Waals surface area contributed by atoms with Crippen LogP contribution in [0.15, 0.2) is 0 Å². The van der Waals surface area contributed by atoms with Crippen LogP contribution in [-0.4, -0.2) is 95.6 Å². The number of hydrogen-bond donors (Lipinski definition) is 0. The molecule has 0 atom stereocenters. The van der Waals surface area contributed by atoms with E-state index in [1.54, 1.807) is 6.92 Å². The van der Waals surface area contributed by atoms with Gasteiger partial charge in [-0.15, -0.1) is 19.7 Å². The van der Waals surface area contributed by atoms with E-state index in [1.807, 2.05) is 0 Å². The molecule has 7 heteroatoms. The van der Waals surface area contributed by atoms with Gasteiger partial charge >= 0.3 is 23.1 Å². The third-order valence-corrected chi connectivity index (χ3v) is 1.90. The predicted octanol–water partition coefficient (Wildman–Crippen LogP) is -0.574. The number of rotatable bonds is 0. The first-order valence-corrected chi connectivity index (χ1v) is 6.44. The normalized spacial score (nSPS) is 19.9. The van der Waals surface area contributed by atoms with Crippen molar-refractivity contribution in [2.45, 2.75) is 6.92 Å². The van der Waals surface area contributed by atoms with Gasteiger partial charge in [-0.05, 0) is 0 Å². The van der Waals surface area contributed by atoms with Crippen molar-refractivity contribution < 1.29 is 24.1 Å². The molecule has 0 radical (unpaired) electrons. The van der Waals surface area contributed by atoms with Gasteiger partial charge in [-0.2, -0.15) is 0 Å². The zero-order valence-corrected chi connectivity index (χ0v) is 13.4. The van der Waals surface area contributed by atoms with E-state index in [0.717, 1.165) is 13.1 Å². The van der Waals surface area contributed by atoms with Crippen molar-refractivity contribution >= 4 is 23.1 Å². The minimum atomic E-state index is 0. The number of hydrogen-bond acceptors (Lipinski definition) is 5. The van der Waals surface area contributed by atoms with Gasteiger partial charge in [0.05, 0.1) is 39.6 Å². The maximum absolute atomic E-state index is 8.93. The van der Waals surface area contributed by atoms with Crippen LogP contribution < -0.4 is 5.11 Å². The maximum Gasteiger partial charge on any atom is 2.00 e. The molecule has 0 aromatic carbocycles. The monoisotopic (exact) mass is 287 g/mol. The van der Waals surface area contributed by atoms with Gasteiger partial charge in [-0.25, -0.2) is 0 Å². The summed E-state index contributed by atoms with van der Waals surface area (Å²) in [6, 6.07) is 0. The van der Waals surface area contributed by atoms with Gasteiger partial charge in [0, 0.05) is 13.2 Å². The molecule has 110 valence electrons. The summed E-state index contributed by atoms with van der Waals surface area (Å²) >= 11 is 0. The van der Waals surface area contributed by atoms with Crippen LogP contribution in [0.4, 0.5) is 0 Å². The predicted molar refractivity (Wildman–Crippen MR) is 72.7 cm³/mol. The minimum absolute atomic E-state index is 0. The van der Waals surface area contributed by atoms with Crippen molar-refractivity contribution in [3.8, 4) is 0 Å². The first-order chi connectivity index (χ1) is 8.91. The molecular weight excluding hydrogens is 262 g/mol. The van der Waals surface area contributed by atoms with Crippen LogP contribution in [0.5, 0.6) is 0 Å². The first-order valence-electron chi connectivity index (χ1n) is 6.44. The van der Waals surface area contributed by atoms with Crippen molar-refractivity contribution in [3.63, 3.8) is 0 Å². The summed E-state index contributed by atoms with van der Waals surface area (Å²) in [5.41, 5.74) is 0. The Morgan fingerprint density at radius 2 is 1.00 bits per heavy atom. The third-order valence-electron chi connectivity index (χ3n) is 1.90. The van der Waals surface area contributed by atoms with Crippen LogP contribution in [0.2, 0.25) is 0 Å². The number of nitrogens with zero attached hydrogens (tertiary/aromatic N) is 1. The fourth-order valence-electron chi connectivity index (χ4n) is 1.13. The molecule has 1 heterocycles. The summed E-state index contributed by atoms with van der Waals surface area (Å²) in [5.74, 6) is 0. The van der Waals surface area contributed by atoms with Gasteiger partial charge in [0.2, 0.25) is 0 Å². The van der Waals surface area contributed by atoms with E-state index < -0.39 is 0 Å². The Hall–Kier alpha value is 0.526. The molecule has 0 aromatic heterocycles. The van der Waals surface area contributed by atoms with E-state index in [4.69, 9.17) is 24.1 Å². The van der Waals surface area contributed by atoms with E-state index >= 15 is 0 Å². The van der Waals surface area contributed by atoms with Crippen LogP contribution in [0, 0.1) is 0 Å². The van der Waals surface area contributed by atoms with Gasteiger partial charge in [-0.1, -0.05) is 6.92 Å². The second kappa shape index (κ2) is 20.8. The molecule has 1 aliphatic heterocycles. The summed E-state index contributed by atoms with van der Waals surface area (Å²) in [6.45, 7) is 8.12. The minimum Gasteiger partial charge on any atom is -0.855 e. The van der Waals surface area contributed by atoms with Crippen molar-refractivity contribution in [1.82, 2.24) is 0 Å². The van der Waals surface area contributed by atoms with Crippen molar-refractivity contribution in [3.05, 3.63) is 5.32 Å². The molecule has 1 saturated heterocycles. The quantitative estimate of drug-likeness (QED) is 0.558. The van der Waals surface area contributed by atoms with Gasteiger partial charge in [0.25, 0.3) is 0 Å². The average Bonchev–Trinajstić information content (AvgIpc) is 2.38. The molecule has 0 unspecified atom stereocenters. The molecule has 0 saturated carbocycles. The molecule has 0 spiro atoms. The largest absolute Gasteiger partial charge is 2.00 e. The van der Waals surface area contributed by atoms with Crippen LogP contribution in [-0.2, 0) is 18.9 Å². The Bertz CT molecular complexity index is 95.5. The van der Waals surface area contributed by atoms with Crippen LogP contribution in [0.3, 0.4) is 0 Å². The number of ether oxygens (including phenoxy) is 4. The smallest absolute Gasteiger partial charge is 0.855 e. The second-order valence-corrected chi connectivity index (χ2v) is 3.41. The standard InChI is InChI=1S/C10H20NO4.C2H5O.Mg/c1-3-12-5-7-14-9-10-15-8-6-13-4-2-11-1;1-2-3;/h1-10H2;2H2,1H3;/q2*-1;+2. The Kier molecular flexibility index (Phi) is 23.9. The van der Waals surface area contributed by atoms with Gasteiger partial charge in [0.15, 0.2) is 0 Å². The molecule has 0 N–H and O–H groups in total. The zero-order chi connectivity index (χ0) is 13.3. The van der Waals surface area contributed by atoms with Crippen LogP contribution in [0.25, 0.3) is 5.32 Å². The molecule has 1 rings (SSSR count). The molecule has 0 aromatic rings. The summed E-state index contributed by atoms with van der Waals surface area (Å²) in [4.78, 5) is 0. The van der Waals surface area contributed by atoms with Crippen molar-refractivity contribution in [1.29, 1.82) is 0 Å². The Balaban J connectivity index is 0. The molecule has 0 amide bonds. The van der Waals surface area contributed by atoms with Gasteiger partial charge in [0.1, 0.15) is 0 Å². The van der Waals surface area contributed by atoms with Crippen molar-refractivity contribution in [2.24, 2.45) is 0 Å². The summed E-state index contributed by atoms with van der Waals surface area (Å²) in [6.07, 6.45) is 0. The summed E-state index contributed by atoms with van der Waals surface area (Å²) in [5, 5.41) is 13.2. The third kappa shape index (κ3) is 21.0. The fourth-order valence-corrected chi connectivity index (χ4v) is 1.13. The molecule has 0 aliphatic carbocycles. The summed E-state index contributed by atoms with van der Waals surface area (Å²) < 4.78 is 21.2. The molecule has 6 nitrogen and oxygen atoms in total. The van der Waals surface area contributed by atoms with Crippen LogP contribution in [0.1, 0.15) is 6.92 Å². The Morgan fingerprint density at radius 1 is 0.737 bits per heavy atom. The summed E-state index contributed by atoms with van der Waals surface area (Å²) in [7, 11) is 0. The molecule has 1 aliphatic rings. The second-order valence-electron chi connectivity index (χ2n) is 3.41. The molecule has 19 heavy (non-hydrogen) atoms.